The van der Waals surface area contributed by atoms with Gasteiger partial charge < -0.3 is 9.73 Å². The molecule has 0 saturated heterocycles. The quantitative estimate of drug-likeness (QED) is 0.711. The van der Waals surface area contributed by atoms with Crippen molar-refractivity contribution in [3.8, 4) is 11.5 Å². The van der Waals surface area contributed by atoms with E-state index in [1.807, 2.05) is 12.1 Å². The number of oxazole rings is 1. The molecule has 3 aromatic rings. The van der Waals surface area contributed by atoms with Crippen LogP contribution in [-0.4, -0.2) is 11.5 Å². The fourth-order valence-corrected chi connectivity index (χ4v) is 2.81. The number of rotatable bonds is 1. The summed E-state index contributed by atoms with van der Waals surface area (Å²) in [6, 6.07) is 8.82. The average Bonchev–Trinajstić information content (AvgIpc) is 2.90. The zero-order chi connectivity index (χ0) is 14.4. The molecular weight excluding hydrogens is 291 g/mol. The molecule has 4 rings (SSSR count). The first kappa shape index (κ1) is 12.7. The van der Waals surface area contributed by atoms with E-state index in [0.717, 1.165) is 30.6 Å². The Kier molecular flexibility index (Phi) is 2.86. The van der Waals surface area contributed by atoms with E-state index in [2.05, 4.69) is 16.4 Å². The van der Waals surface area contributed by atoms with Crippen LogP contribution in [0, 0.1) is 5.82 Å². The molecule has 0 fully saturated rings. The summed E-state index contributed by atoms with van der Waals surface area (Å²) in [4.78, 5) is 4.40. The van der Waals surface area contributed by atoms with E-state index in [1.165, 1.54) is 17.7 Å². The normalized spacial score (nSPS) is 14.0. The van der Waals surface area contributed by atoms with Gasteiger partial charge in [-0.05, 0) is 42.7 Å². The van der Waals surface area contributed by atoms with Crippen molar-refractivity contribution >= 4 is 28.4 Å². The van der Waals surface area contributed by atoms with Crippen LogP contribution in [0.1, 0.15) is 12.0 Å². The van der Waals surface area contributed by atoms with E-state index in [1.54, 1.807) is 0 Å². The third-order valence-corrected chi connectivity index (χ3v) is 4.01. The predicted molar refractivity (Wildman–Crippen MR) is 81.2 cm³/mol. The van der Waals surface area contributed by atoms with Crippen LogP contribution in [0.25, 0.3) is 22.6 Å². The van der Waals surface area contributed by atoms with Crippen molar-refractivity contribution in [3.63, 3.8) is 0 Å². The van der Waals surface area contributed by atoms with Gasteiger partial charge in [0.15, 0.2) is 5.58 Å². The minimum Gasteiger partial charge on any atom is -0.436 e. The van der Waals surface area contributed by atoms with Crippen molar-refractivity contribution in [1.29, 1.82) is 0 Å². The van der Waals surface area contributed by atoms with Crippen molar-refractivity contribution in [2.45, 2.75) is 12.8 Å². The van der Waals surface area contributed by atoms with Gasteiger partial charge in [0.2, 0.25) is 5.89 Å². The third-order valence-electron chi connectivity index (χ3n) is 3.72. The maximum Gasteiger partial charge on any atom is 0.227 e. The lowest BCUT2D eigenvalue weighted by atomic mass is 10.0. The summed E-state index contributed by atoms with van der Waals surface area (Å²) >= 11 is 5.77. The number of hydrogen-bond donors (Lipinski definition) is 1. The number of nitrogens with zero attached hydrogens (tertiary/aromatic N) is 1. The van der Waals surface area contributed by atoms with E-state index >= 15 is 0 Å². The second kappa shape index (κ2) is 4.74. The maximum absolute atomic E-state index is 13.5. The molecule has 0 unspecified atom stereocenters. The van der Waals surface area contributed by atoms with Gasteiger partial charge in [0.25, 0.3) is 0 Å². The molecule has 3 nitrogen and oxygen atoms in total. The molecule has 2 aromatic carbocycles. The van der Waals surface area contributed by atoms with Gasteiger partial charge in [0.05, 0.1) is 5.02 Å². The highest BCUT2D eigenvalue weighted by atomic mass is 35.5. The zero-order valence-electron chi connectivity index (χ0n) is 11.1. The van der Waals surface area contributed by atoms with Gasteiger partial charge in [-0.1, -0.05) is 11.6 Å². The monoisotopic (exact) mass is 302 g/mol. The smallest absolute Gasteiger partial charge is 0.227 e. The fraction of sp³-hybridized carbons (Fsp3) is 0.188. The van der Waals surface area contributed by atoms with Crippen molar-refractivity contribution in [1.82, 2.24) is 4.98 Å². The first-order valence-electron chi connectivity index (χ1n) is 6.83. The standard InChI is InChI=1S/C16H12ClFN2O/c17-11-7-14-15(8-12(11)18)21-16(20-14)10-3-4-13-9(6-10)2-1-5-19-13/h3-4,6-8,19H,1-2,5H2. The molecule has 0 amide bonds. The average molecular weight is 303 g/mol. The molecule has 1 N–H and O–H groups in total. The van der Waals surface area contributed by atoms with Crippen LogP contribution in [0.5, 0.6) is 0 Å². The van der Waals surface area contributed by atoms with Crippen LogP contribution in [-0.2, 0) is 6.42 Å². The molecule has 0 saturated carbocycles. The molecule has 0 atom stereocenters. The fourth-order valence-electron chi connectivity index (χ4n) is 2.65. The minimum absolute atomic E-state index is 0.0528. The van der Waals surface area contributed by atoms with Crippen molar-refractivity contribution in [3.05, 3.63) is 46.7 Å². The molecule has 2 heterocycles. The summed E-state index contributed by atoms with van der Waals surface area (Å²) in [5, 5.41) is 3.42. The molecule has 1 aromatic heterocycles. The number of aryl methyl sites for hydroxylation is 1. The van der Waals surface area contributed by atoms with E-state index in [4.69, 9.17) is 16.0 Å². The van der Waals surface area contributed by atoms with Crippen LogP contribution in [0.15, 0.2) is 34.7 Å². The molecule has 0 radical (unpaired) electrons. The first-order valence-corrected chi connectivity index (χ1v) is 7.21. The maximum atomic E-state index is 13.5. The molecule has 0 bridgehead atoms. The Hall–Kier alpha value is -2.07. The lowest BCUT2D eigenvalue weighted by molar-refractivity contribution is 0.602. The Morgan fingerprint density at radius 1 is 1.24 bits per heavy atom. The summed E-state index contributed by atoms with van der Waals surface area (Å²) in [6.45, 7) is 1.01. The van der Waals surface area contributed by atoms with Crippen LogP contribution in [0.2, 0.25) is 5.02 Å². The van der Waals surface area contributed by atoms with E-state index in [9.17, 15) is 4.39 Å². The van der Waals surface area contributed by atoms with E-state index in [-0.39, 0.29) is 5.02 Å². The van der Waals surface area contributed by atoms with Crippen LogP contribution >= 0.6 is 11.6 Å². The number of aromatic nitrogens is 1. The van der Waals surface area contributed by atoms with Crippen LogP contribution in [0.3, 0.4) is 0 Å². The zero-order valence-corrected chi connectivity index (χ0v) is 11.9. The molecule has 1 aliphatic heterocycles. The number of fused-ring (bicyclic) bond motifs is 2. The minimum atomic E-state index is -0.499. The lowest BCUT2D eigenvalue weighted by Crippen LogP contribution is -2.11. The largest absolute Gasteiger partial charge is 0.436 e. The van der Waals surface area contributed by atoms with Crippen LogP contribution < -0.4 is 5.32 Å². The molecule has 1 aliphatic rings. The predicted octanol–water partition coefficient (Wildman–Crippen LogP) is 4.65. The van der Waals surface area contributed by atoms with Gasteiger partial charge in [-0.2, -0.15) is 0 Å². The van der Waals surface area contributed by atoms with Gasteiger partial charge in [-0.25, -0.2) is 9.37 Å². The van der Waals surface area contributed by atoms with Gasteiger partial charge in [-0.3, -0.25) is 0 Å². The van der Waals surface area contributed by atoms with Gasteiger partial charge in [-0.15, -0.1) is 0 Å². The van der Waals surface area contributed by atoms with Gasteiger partial charge in [0.1, 0.15) is 11.3 Å². The highest BCUT2D eigenvalue weighted by molar-refractivity contribution is 6.31. The van der Waals surface area contributed by atoms with Crippen molar-refractivity contribution in [2.24, 2.45) is 0 Å². The summed E-state index contributed by atoms with van der Waals surface area (Å²) in [5.41, 5.74) is 4.28. The van der Waals surface area contributed by atoms with E-state index in [0.29, 0.717) is 17.0 Å². The first-order chi connectivity index (χ1) is 10.2. The molecule has 5 heteroatoms. The summed E-state index contributed by atoms with van der Waals surface area (Å²) in [7, 11) is 0. The second-order valence-corrected chi connectivity index (χ2v) is 5.56. The lowest BCUT2D eigenvalue weighted by Gasteiger charge is -2.17. The summed E-state index contributed by atoms with van der Waals surface area (Å²) < 4.78 is 19.1. The number of hydrogen-bond acceptors (Lipinski definition) is 3. The molecular formula is C16H12ClFN2O. The Morgan fingerprint density at radius 3 is 3.05 bits per heavy atom. The van der Waals surface area contributed by atoms with Crippen molar-refractivity contribution in [2.75, 3.05) is 11.9 Å². The Labute approximate surface area is 125 Å². The highest BCUT2D eigenvalue weighted by Crippen LogP contribution is 2.31. The number of anilines is 1. The Morgan fingerprint density at radius 2 is 2.14 bits per heavy atom. The summed E-state index contributed by atoms with van der Waals surface area (Å²) in [6.07, 6.45) is 2.15. The Balaban J connectivity index is 1.82. The molecule has 0 aliphatic carbocycles. The Bertz CT molecular complexity index is 805. The van der Waals surface area contributed by atoms with Crippen molar-refractivity contribution < 1.29 is 8.81 Å². The van der Waals surface area contributed by atoms with Gasteiger partial charge in [0, 0.05) is 23.9 Å². The van der Waals surface area contributed by atoms with Gasteiger partial charge >= 0.3 is 0 Å². The third kappa shape index (κ3) is 2.16. The highest BCUT2D eigenvalue weighted by Gasteiger charge is 2.14. The van der Waals surface area contributed by atoms with E-state index < -0.39 is 5.82 Å². The SMILES string of the molecule is Fc1cc2oc(-c3ccc4c(c3)CCCN4)nc2cc1Cl. The van der Waals surface area contributed by atoms with Crippen LogP contribution in [0.4, 0.5) is 10.1 Å². The number of nitrogens with one attached hydrogen (secondary N) is 1. The summed E-state index contributed by atoms with van der Waals surface area (Å²) in [5.74, 6) is -0.0125. The molecule has 106 valence electrons. The number of benzene rings is 2. The number of halogens is 2. The second-order valence-electron chi connectivity index (χ2n) is 5.16. The topological polar surface area (TPSA) is 38.1 Å². The molecule has 21 heavy (non-hydrogen) atoms. The molecule has 0 spiro atoms.